The molecule has 0 bridgehead atoms. The van der Waals surface area contributed by atoms with Gasteiger partial charge in [0, 0.05) is 11.6 Å². The average Bonchev–Trinajstić information content (AvgIpc) is 3.31. The van der Waals surface area contributed by atoms with Gasteiger partial charge in [0.2, 0.25) is 0 Å². The van der Waals surface area contributed by atoms with Crippen molar-refractivity contribution in [2.75, 3.05) is 6.61 Å². The summed E-state index contributed by atoms with van der Waals surface area (Å²) in [6, 6.07) is 30.1. The second-order valence-electron chi connectivity index (χ2n) is 9.60. The molecule has 1 fully saturated rings. The minimum absolute atomic E-state index is 0.200. The number of rotatable bonds is 11. The van der Waals surface area contributed by atoms with E-state index in [0.717, 1.165) is 28.8 Å². The standard InChI is InChI=1S/C32H31F2NO4/c33-26-16-25(29(36)17-27(26)34)30-32(39-20-24-14-8-3-9-15-24)31(38-19-23-12-6-2-7-13-23)28(35-30)21-37-18-22-10-4-1-5-11-22/h1-17,28,30-32,35-36H,18-21H2/t28-,30+,31+,32+/m0/s1. The third kappa shape index (κ3) is 6.88. The topological polar surface area (TPSA) is 60.0 Å². The van der Waals surface area contributed by atoms with Crippen LogP contribution in [0.15, 0.2) is 103 Å². The first kappa shape index (κ1) is 27.0. The highest BCUT2D eigenvalue weighted by atomic mass is 19.2. The van der Waals surface area contributed by atoms with Crippen LogP contribution in [0.3, 0.4) is 0 Å². The number of phenols is 1. The zero-order valence-electron chi connectivity index (χ0n) is 21.4. The van der Waals surface area contributed by atoms with E-state index in [1.54, 1.807) is 0 Å². The first-order valence-electron chi connectivity index (χ1n) is 12.9. The first-order valence-corrected chi connectivity index (χ1v) is 12.9. The van der Waals surface area contributed by atoms with Crippen molar-refractivity contribution in [3.05, 3.63) is 137 Å². The molecule has 0 spiro atoms. The van der Waals surface area contributed by atoms with Crippen LogP contribution >= 0.6 is 0 Å². The zero-order chi connectivity index (χ0) is 27.0. The molecule has 202 valence electrons. The molecule has 0 aliphatic carbocycles. The Bertz CT molecular complexity index is 1320. The molecule has 39 heavy (non-hydrogen) atoms. The minimum Gasteiger partial charge on any atom is -0.507 e. The Kier molecular flexibility index (Phi) is 8.96. The SMILES string of the molecule is Oc1cc(F)c(F)cc1[C@H]1N[C@@H](COCc2ccccc2)[C@@H](OCc2ccccc2)[C@@H]1OCc1ccccc1. The van der Waals surface area contributed by atoms with Crippen molar-refractivity contribution < 1.29 is 28.1 Å². The molecular formula is C32H31F2NO4. The molecule has 0 aromatic heterocycles. The Morgan fingerprint density at radius 2 is 1.13 bits per heavy atom. The Labute approximate surface area is 227 Å². The van der Waals surface area contributed by atoms with Crippen LogP contribution in [0.4, 0.5) is 8.78 Å². The fourth-order valence-corrected chi connectivity index (χ4v) is 4.86. The lowest BCUT2D eigenvalue weighted by atomic mass is 9.99. The summed E-state index contributed by atoms with van der Waals surface area (Å²) in [5.74, 6) is -2.51. The van der Waals surface area contributed by atoms with E-state index in [2.05, 4.69) is 5.32 Å². The maximum absolute atomic E-state index is 14.3. The molecule has 2 N–H and O–H groups in total. The first-order chi connectivity index (χ1) is 19.1. The third-order valence-corrected chi connectivity index (χ3v) is 6.83. The predicted octanol–water partition coefficient (Wildman–Crippen LogP) is 6.07. The lowest BCUT2D eigenvalue weighted by Gasteiger charge is -2.27. The summed E-state index contributed by atoms with van der Waals surface area (Å²) in [5.41, 5.74) is 3.17. The van der Waals surface area contributed by atoms with Crippen LogP contribution in [-0.4, -0.2) is 30.0 Å². The van der Waals surface area contributed by atoms with Crippen molar-refractivity contribution in [2.24, 2.45) is 0 Å². The van der Waals surface area contributed by atoms with Crippen LogP contribution in [-0.2, 0) is 34.0 Å². The number of aromatic hydroxyl groups is 1. The fraction of sp³-hybridized carbons (Fsp3) is 0.250. The minimum atomic E-state index is -1.12. The summed E-state index contributed by atoms with van der Waals surface area (Å²) in [6.45, 7) is 1.28. The maximum Gasteiger partial charge on any atom is 0.162 e. The molecule has 4 aromatic carbocycles. The van der Waals surface area contributed by atoms with E-state index >= 15 is 0 Å². The van der Waals surface area contributed by atoms with Crippen molar-refractivity contribution in [1.82, 2.24) is 5.32 Å². The second-order valence-corrected chi connectivity index (χ2v) is 9.60. The van der Waals surface area contributed by atoms with Gasteiger partial charge >= 0.3 is 0 Å². The quantitative estimate of drug-likeness (QED) is 0.246. The van der Waals surface area contributed by atoms with E-state index in [-0.39, 0.29) is 30.6 Å². The third-order valence-electron chi connectivity index (χ3n) is 6.83. The van der Waals surface area contributed by atoms with Gasteiger partial charge in [0.1, 0.15) is 18.0 Å². The zero-order valence-corrected chi connectivity index (χ0v) is 21.4. The van der Waals surface area contributed by atoms with Crippen LogP contribution in [0.5, 0.6) is 5.75 Å². The smallest absolute Gasteiger partial charge is 0.162 e. The molecule has 7 heteroatoms. The highest BCUT2D eigenvalue weighted by molar-refractivity contribution is 5.38. The monoisotopic (exact) mass is 531 g/mol. The molecule has 0 radical (unpaired) electrons. The van der Waals surface area contributed by atoms with E-state index < -0.39 is 29.9 Å². The Morgan fingerprint density at radius 1 is 0.641 bits per heavy atom. The van der Waals surface area contributed by atoms with Gasteiger partial charge in [-0.25, -0.2) is 8.78 Å². The highest BCUT2D eigenvalue weighted by Crippen LogP contribution is 2.38. The molecule has 0 saturated carbocycles. The molecule has 0 unspecified atom stereocenters. The van der Waals surface area contributed by atoms with E-state index in [9.17, 15) is 13.9 Å². The lowest BCUT2D eigenvalue weighted by molar-refractivity contribution is -0.0863. The summed E-state index contributed by atoms with van der Waals surface area (Å²) in [6.07, 6.45) is -1.14. The Balaban J connectivity index is 1.42. The van der Waals surface area contributed by atoms with E-state index in [4.69, 9.17) is 14.2 Å². The molecule has 4 aromatic rings. The van der Waals surface area contributed by atoms with Gasteiger partial charge in [0.05, 0.1) is 38.5 Å². The van der Waals surface area contributed by atoms with E-state index in [0.29, 0.717) is 13.2 Å². The molecule has 5 nitrogen and oxygen atoms in total. The molecule has 5 rings (SSSR count). The molecule has 1 aliphatic rings. The highest BCUT2D eigenvalue weighted by Gasteiger charge is 2.46. The van der Waals surface area contributed by atoms with E-state index in [1.165, 1.54) is 0 Å². The van der Waals surface area contributed by atoms with Gasteiger partial charge in [-0.3, -0.25) is 0 Å². The van der Waals surface area contributed by atoms with Crippen molar-refractivity contribution in [3.8, 4) is 5.75 Å². The summed E-state index contributed by atoms with van der Waals surface area (Å²) in [4.78, 5) is 0. The molecule has 4 atom stereocenters. The largest absolute Gasteiger partial charge is 0.507 e. The van der Waals surface area contributed by atoms with Gasteiger partial charge in [-0.1, -0.05) is 91.0 Å². The van der Waals surface area contributed by atoms with Crippen LogP contribution in [0.1, 0.15) is 28.3 Å². The number of hydrogen-bond donors (Lipinski definition) is 2. The van der Waals surface area contributed by atoms with Gasteiger partial charge in [-0.2, -0.15) is 0 Å². The summed E-state index contributed by atoms with van der Waals surface area (Å²) in [7, 11) is 0. The van der Waals surface area contributed by atoms with Crippen molar-refractivity contribution in [1.29, 1.82) is 0 Å². The van der Waals surface area contributed by atoms with Crippen molar-refractivity contribution in [2.45, 2.75) is 44.1 Å². The molecule has 0 amide bonds. The van der Waals surface area contributed by atoms with Gasteiger partial charge in [-0.05, 0) is 22.8 Å². The number of benzene rings is 4. The average molecular weight is 532 g/mol. The second kappa shape index (κ2) is 13.0. The molecular weight excluding hydrogens is 500 g/mol. The normalized spacial score (nSPS) is 20.8. The van der Waals surface area contributed by atoms with Crippen LogP contribution in [0, 0.1) is 11.6 Å². The Morgan fingerprint density at radius 3 is 1.69 bits per heavy atom. The number of phenolic OH excluding ortho intramolecular Hbond substituents is 1. The fourth-order valence-electron chi connectivity index (χ4n) is 4.86. The molecule has 1 heterocycles. The van der Waals surface area contributed by atoms with Crippen LogP contribution < -0.4 is 5.32 Å². The maximum atomic E-state index is 14.3. The number of ether oxygens (including phenoxy) is 3. The van der Waals surface area contributed by atoms with Crippen LogP contribution in [0.25, 0.3) is 0 Å². The van der Waals surface area contributed by atoms with Gasteiger partial charge < -0.3 is 24.6 Å². The summed E-state index contributed by atoms with van der Waals surface area (Å²) < 4.78 is 47.1. The van der Waals surface area contributed by atoms with Gasteiger partial charge in [0.15, 0.2) is 11.6 Å². The van der Waals surface area contributed by atoms with Crippen molar-refractivity contribution in [3.63, 3.8) is 0 Å². The molecule has 1 aliphatic heterocycles. The Hall–Kier alpha value is -3.62. The van der Waals surface area contributed by atoms with E-state index in [1.807, 2.05) is 91.0 Å². The van der Waals surface area contributed by atoms with Crippen LogP contribution in [0.2, 0.25) is 0 Å². The van der Waals surface area contributed by atoms with Crippen molar-refractivity contribution >= 4 is 0 Å². The number of halogens is 2. The number of hydrogen-bond acceptors (Lipinski definition) is 5. The summed E-state index contributed by atoms with van der Waals surface area (Å²) in [5, 5.41) is 14.0. The predicted molar refractivity (Wildman–Crippen MR) is 144 cm³/mol. The molecule has 1 saturated heterocycles. The lowest BCUT2D eigenvalue weighted by Crippen LogP contribution is -2.39. The van der Waals surface area contributed by atoms with Gasteiger partial charge in [-0.15, -0.1) is 0 Å². The van der Waals surface area contributed by atoms with Gasteiger partial charge in [0.25, 0.3) is 0 Å². The summed E-state index contributed by atoms with van der Waals surface area (Å²) >= 11 is 0. The number of nitrogens with one attached hydrogen (secondary N) is 1.